The van der Waals surface area contributed by atoms with Gasteiger partial charge in [-0.3, -0.25) is 14.9 Å². The highest BCUT2D eigenvalue weighted by atomic mass is 16.5. The fourth-order valence-corrected chi connectivity index (χ4v) is 1.88. The Morgan fingerprint density at radius 3 is 2.44 bits per heavy atom. The maximum Gasteiger partial charge on any atom is 0.321 e. The molecule has 0 bridgehead atoms. The number of hydrogen-bond donors (Lipinski definition) is 2. The van der Waals surface area contributed by atoms with Gasteiger partial charge in [0.25, 0.3) is 5.91 Å². The van der Waals surface area contributed by atoms with Gasteiger partial charge < -0.3 is 10.1 Å². The van der Waals surface area contributed by atoms with Gasteiger partial charge in [-0.05, 0) is 12.8 Å². The van der Waals surface area contributed by atoms with Crippen LogP contribution in [0.25, 0.3) is 0 Å². The van der Waals surface area contributed by atoms with Gasteiger partial charge in [-0.15, -0.1) is 0 Å². The van der Waals surface area contributed by atoms with Crippen LogP contribution in [0.2, 0.25) is 0 Å². The number of carbonyl (C=O) groups is 3. The largest absolute Gasteiger partial charge is 0.456 e. The number of esters is 1. The molecule has 0 atom stereocenters. The van der Waals surface area contributed by atoms with Crippen LogP contribution in [0.15, 0.2) is 0 Å². The Morgan fingerprint density at radius 1 is 1.17 bits per heavy atom. The summed E-state index contributed by atoms with van der Waals surface area (Å²) < 4.78 is 4.61. The lowest BCUT2D eigenvalue weighted by atomic mass is 9.96. The molecule has 0 aromatic heterocycles. The highest BCUT2D eigenvalue weighted by molar-refractivity contribution is 5.95. The van der Waals surface area contributed by atoms with Gasteiger partial charge >= 0.3 is 12.0 Å². The van der Waals surface area contributed by atoms with E-state index >= 15 is 0 Å². The van der Waals surface area contributed by atoms with E-state index in [2.05, 4.69) is 15.4 Å². The van der Waals surface area contributed by atoms with E-state index in [0.717, 1.165) is 25.7 Å². The molecule has 102 valence electrons. The summed E-state index contributed by atoms with van der Waals surface area (Å²) in [5.74, 6) is -1.07. The van der Waals surface area contributed by atoms with Crippen LogP contribution in [-0.2, 0) is 14.3 Å². The van der Waals surface area contributed by atoms with Crippen LogP contribution in [0.5, 0.6) is 0 Å². The fourth-order valence-electron chi connectivity index (χ4n) is 1.88. The molecule has 1 aliphatic carbocycles. The summed E-state index contributed by atoms with van der Waals surface area (Å²) >= 11 is 0. The third-order valence-corrected chi connectivity index (χ3v) is 2.85. The van der Waals surface area contributed by atoms with E-state index in [1.54, 1.807) is 6.92 Å². The van der Waals surface area contributed by atoms with E-state index in [1.165, 1.54) is 6.42 Å². The summed E-state index contributed by atoms with van der Waals surface area (Å²) in [5.41, 5.74) is 0. The zero-order chi connectivity index (χ0) is 13.4. The average Bonchev–Trinajstić information content (AvgIpc) is 2.37. The van der Waals surface area contributed by atoms with Crippen molar-refractivity contribution in [3.63, 3.8) is 0 Å². The van der Waals surface area contributed by atoms with Gasteiger partial charge in [0.1, 0.15) is 0 Å². The number of ether oxygens (including phenoxy) is 1. The van der Waals surface area contributed by atoms with Gasteiger partial charge in [-0.1, -0.05) is 26.2 Å². The van der Waals surface area contributed by atoms with E-state index in [0.29, 0.717) is 0 Å². The second-order valence-corrected chi connectivity index (χ2v) is 4.37. The molecule has 0 aliphatic heterocycles. The zero-order valence-electron chi connectivity index (χ0n) is 10.7. The average molecular weight is 256 g/mol. The van der Waals surface area contributed by atoms with E-state index in [4.69, 9.17) is 0 Å². The Bertz CT molecular complexity index is 311. The number of hydrogen-bond acceptors (Lipinski definition) is 4. The van der Waals surface area contributed by atoms with Crippen LogP contribution < -0.4 is 10.6 Å². The Labute approximate surface area is 106 Å². The Balaban J connectivity index is 2.18. The predicted octanol–water partition coefficient (Wildman–Crippen LogP) is 1.10. The lowest BCUT2D eigenvalue weighted by Crippen LogP contribution is -2.46. The maximum absolute atomic E-state index is 11.5. The predicted molar refractivity (Wildman–Crippen MR) is 64.8 cm³/mol. The molecule has 0 heterocycles. The van der Waals surface area contributed by atoms with Crippen molar-refractivity contribution in [2.75, 3.05) is 6.61 Å². The van der Waals surface area contributed by atoms with Crippen molar-refractivity contribution in [2.45, 2.75) is 51.5 Å². The first-order valence-electron chi connectivity index (χ1n) is 6.37. The molecule has 1 saturated carbocycles. The lowest BCUT2D eigenvalue weighted by molar-refractivity contribution is -0.147. The van der Waals surface area contributed by atoms with Crippen LogP contribution in [-0.4, -0.2) is 30.6 Å². The standard InChI is InChI=1S/C12H20N2O4/c1-2-11(16)18-8-10(15)14-12(17)13-9-6-4-3-5-7-9/h9H,2-8H2,1H3,(H2,13,14,15,17). The molecule has 0 saturated heterocycles. The van der Waals surface area contributed by atoms with Crippen molar-refractivity contribution in [1.29, 1.82) is 0 Å². The normalized spacial score (nSPS) is 15.8. The molecule has 6 nitrogen and oxygen atoms in total. The monoisotopic (exact) mass is 256 g/mol. The highest BCUT2D eigenvalue weighted by Crippen LogP contribution is 2.16. The molecule has 1 fully saturated rings. The quantitative estimate of drug-likeness (QED) is 0.738. The molecule has 0 spiro atoms. The van der Waals surface area contributed by atoms with Gasteiger partial charge in [0.2, 0.25) is 0 Å². The minimum absolute atomic E-state index is 0.143. The van der Waals surface area contributed by atoms with Gasteiger partial charge in [-0.25, -0.2) is 4.79 Å². The van der Waals surface area contributed by atoms with Crippen LogP contribution in [0.1, 0.15) is 45.4 Å². The van der Waals surface area contributed by atoms with E-state index < -0.39 is 24.5 Å². The number of carbonyl (C=O) groups excluding carboxylic acids is 3. The minimum Gasteiger partial charge on any atom is -0.456 e. The highest BCUT2D eigenvalue weighted by Gasteiger charge is 2.17. The van der Waals surface area contributed by atoms with Crippen molar-refractivity contribution in [2.24, 2.45) is 0 Å². The molecule has 0 aromatic rings. The number of nitrogens with one attached hydrogen (secondary N) is 2. The Morgan fingerprint density at radius 2 is 1.83 bits per heavy atom. The number of amides is 3. The minimum atomic E-state index is -0.606. The molecule has 1 rings (SSSR count). The molecule has 18 heavy (non-hydrogen) atoms. The van der Waals surface area contributed by atoms with Crippen molar-refractivity contribution < 1.29 is 19.1 Å². The zero-order valence-corrected chi connectivity index (χ0v) is 10.7. The topological polar surface area (TPSA) is 84.5 Å². The lowest BCUT2D eigenvalue weighted by Gasteiger charge is -2.22. The molecule has 2 N–H and O–H groups in total. The van der Waals surface area contributed by atoms with Gasteiger partial charge in [0, 0.05) is 12.5 Å². The van der Waals surface area contributed by atoms with Crippen LogP contribution in [0, 0.1) is 0 Å². The number of imide groups is 1. The van der Waals surface area contributed by atoms with Gasteiger partial charge in [-0.2, -0.15) is 0 Å². The van der Waals surface area contributed by atoms with Crippen molar-refractivity contribution in [1.82, 2.24) is 10.6 Å². The van der Waals surface area contributed by atoms with Gasteiger partial charge in [0.15, 0.2) is 6.61 Å². The first-order chi connectivity index (χ1) is 8.61. The Hall–Kier alpha value is -1.59. The molecular weight excluding hydrogens is 236 g/mol. The van der Waals surface area contributed by atoms with E-state index in [1.807, 2.05) is 0 Å². The van der Waals surface area contributed by atoms with E-state index in [9.17, 15) is 14.4 Å². The third-order valence-electron chi connectivity index (χ3n) is 2.85. The molecule has 3 amide bonds. The summed E-state index contributed by atoms with van der Waals surface area (Å²) in [6.07, 6.45) is 5.52. The molecule has 0 aromatic carbocycles. The molecule has 1 aliphatic rings. The number of urea groups is 1. The summed E-state index contributed by atoms with van der Waals surface area (Å²) in [6, 6.07) is -0.371. The summed E-state index contributed by atoms with van der Waals surface area (Å²) in [5, 5.41) is 4.88. The Kier molecular flexibility index (Phi) is 6.18. The van der Waals surface area contributed by atoms with Crippen LogP contribution in [0.4, 0.5) is 4.79 Å². The van der Waals surface area contributed by atoms with Gasteiger partial charge in [0.05, 0.1) is 0 Å². The maximum atomic E-state index is 11.5. The summed E-state index contributed by atoms with van der Waals surface area (Å²) in [7, 11) is 0. The first kappa shape index (κ1) is 14.5. The number of rotatable bonds is 4. The molecule has 0 radical (unpaired) electrons. The van der Waals surface area contributed by atoms with E-state index in [-0.39, 0.29) is 12.5 Å². The van der Waals surface area contributed by atoms with Crippen LogP contribution >= 0.6 is 0 Å². The summed E-state index contributed by atoms with van der Waals surface area (Å²) in [6.45, 7) is 1.22. The SMILES string of the molecule is CCC(=O)OCC(=O)NC(=O)NC1CCCCC1. The molecular formula is C12H20N2O4. The van der Waals surface area contributed by atoms with Crippen LogP contribution in [0.3, 0.4) is 0 Å². The second-order valence-electron chi connectivity index (χ2n) is 4.37. The van der Waals surface area contributed by atoms with Crippen molar-refractivity contribution in [3.8, 4) is 0 Å². The van der Waals surface area contributed by atoms with Crippen molar-refractivity contribution in [3.05, 3.63) is 0 Å². The fraction of sp³-hybridized carbons (Fsp3) is 0.750. The summed E-state index contributed by atoms with van der Waals surface area (Å²) in [4.78, 5) is 33.5. The smallest absolute Gasteiger partial charge is 0.321 e. The third kappa shape index (κ3) is 5.65. The molecule has 0 unspecified atom stereocenters. The second kappa shape index (κ2) is 7.68. The molecule has 6 heteroatoms. The van der Waals surface area contributed by atoms with Crippen molar-refractivity contribution >= 4 is 17.9 Å². The first-order valence-corrected chi connectivity index (χ1v) is 6.37.